The van der Waals surface area contributed by atoms with E-state index in [0.717, 1.165) is 12.8 Å². The molecular formula is C18H28FN3O3S. The van der Waals surface area contributed by atoms with Crippen molar-refractivity contribution in [1.29, 1.82) is 0 Å². The molecule has 1 aromatic rings. The summed E-state index contributed by atoms with van der Waals surface area (Å²) in [4.78, 5) is 4.53. The Bertz CT molecular complexity index is 733. The van der Waals surface area contributed by atoms with Gasteiger partial charge in [0.25, 0.3) is 0 Å². The molecule has 0 saturated heterocycles. The van der Waals surface area contributed by atoms with Gasteiger partial charge >= 0.3 is 0 Å². The van der Waals surface area contributed by atoms with Crippen molar-refractivity contribution < 1.29 is 17.5 Å². The van der Waals surface area contributed by atoms with E-state index in [-0.39, 0.29) is 23.0 Å². The number of para-hydroxylation sites is 1. The van der Waals surface area contributed by atoms with Gasteiger partial charge in [0.05, 0.1) is 12.3 Å². The molecule has 0 spiro atoms. The number of benzene rings is 1. The van der Waals surface area contributed by atoms with Crippen LogP contribution in [0.5, 0.6) is 5.75 Å². The minimum absolute atomic E-state index is 0.176. The molecule has 1 unspecified atom stereocenters. The number of hydrogen-bond donors (Lipinski definition) is 2. The molecule has 2 rings (SSSR count). The maximum atomic E-state index is 13.6. The molecule has 1 aliphatic carbocycles. The number of halogens is 1. The van der Waals surface area contributed by atoms with Gasteiger partial charge in [-0.15, -0.1) is 0 Å². The van der Waals surface area contributed by atoms with E-state index in [1.54, 1.807) is 18.2 Å². The quantitative estimate of drug-likeness (QED) is 0.502. The van der Waals surface area contributed by atoms with E-state index in [1.165, 1.54) is 12.3 Å². The van der Waals surface area contributed by atoms with E-state index in [0.29, 0.717) is 25.6 Å². The van der Waals surface area contributed by atoms with Gasteiger partial charge in [-0.3, -0.25) is 4.99 Å². The van der Waals surface area contributed by atoms with Crippen LogP contribution < -0.4 is 15.4 Å². The van der Waals surface area contributed by atoms with Gasteiger partial charge in [0.2, 0.25) is 0 Å². The van der Waals surface area contributed by atoms with Gasteiger partial charge in [0.1, 0.15) is 15.9 Å². The average molecular weight is 386 g/mol. The maximum absolute atomic E-state index is 13.6. The Morgan fingerprint density at radius 1 is 1.35 bits per heavy atom. The molecule has 1 saturated carbocycles. The molecule has 1 fully saturated rings. The highest BCUT2D eigenvalue weighted by atomic mass is 32.2. The number of nitrogens with one attached hydrogen (secondary N) is 2. The van der Waals surface area contributed by atoms with Crippen molar-refractivity contribution in [3.05, 3.63) is 30.1 Å². The topological polar surface area (TPSA) is 79.8 Å². The second kappa shape index (κ2) is 8.70. The molecule has 0 bridgehead atoms. The van der Waals surface area contributed by atoms with Crippen molar-refractivity contribution in [3.8, 4) is 5.75 Å². The van der Waals surface area contributed by atoms with Crippen molar-refractivity contribution in [2.45, 2.75) is 32.8 Å². The predicted octanol–water partition coefficient (Wildman–Crippen LogP) is 1.97. The summed E-state index contributed by atoms with van der Waals surface area (Å²) in [5, 5.41) is 6.30. The second-order valence-corrected chi connectivity index (χ2v) is 9.15. The van der Waals surface area contributed by atoms with Crippen molar-refractivity contribution in [2.24, 2.45) is 10.4 Å². The molecule has 0 aliphatic heterocycles. The van der Waals surface area contributed by atoms with Crippen molar-refractivity contribution in [1.82, 2.24) is 10.6 Å². The predicted molar refractivity (Wildman–Crippen MR) is 102 cm³/mol. The maximum Gasteiger partial charge on any atom is 0.191 e. The lowest BCUT2D eigenvalue weighted by molar-refractivity contribution is 0.214. The summed E-state index contributed by atoms with van der Waals surface area (Å²) in [6.45, 7) is 5.40. The number of hydrogen-bond acceptors (Lipinski definition) is 4. The van der Waals surface area contributed by atoms with E-state index < -0.39 is 15.7 Å². The third-order valence-electron chi connectivity index (χ3n) is 4.16. The summed E-state index contributed by atoms with van der Waals surface area (Å²) in [6, 6.07) is 6.29. The SMILES string of the molecule is CCNC(=NCC1(CS(C)(=O)=O)CC1)NCC(C)Oc1ccccc1F. The van der Waals surface area contributed by atoms with Gasteiger partial charge in [-0.2, -0.15) is 0 Å². The minimum Gasteiger partial charge on any atom is -0.486 e. The number of rotatable bonds is 9. The largest absolute Gasteiger partial charge is 0.486 e. The Labute approximate surface area is 155 Å². The zero-order valence-corrected chi connectivity index (χ0v) is 16.4. The van der Waals surface area contributed by atoms with Crippen LogP contribution in [0.3, 0.4) is 0 Å². The van der Waals surface area contributed by atoms with E-state index in [4.69, 9.17) is 4.74 Å². The van der Waals surface area contributed by atoms with Crippen LogP contribution in [0, 0.1) is 11.2 Å². The van der Waals surface area contributed by atoms with Crippen molar-refractivity contribution >= 4 is 15.8 Å². The van der Waals surface area contributed by atoms with Crippen molar-refractivity contribution in [3.63, 3.8) is 0 Å². The molecule has 0 heterocycles. The lowest BCUT2D eigenvalue weighted by Gasteiger charge is -2.19. The summed E-state index contributed by atoms with van der Waals surface area (Å²) in [6.07, 6.45) is 2.77. The van der Waals surface area contributed by atoms with Crippen LogP contribution in [0.25, 0.3) is 0 Å². The molecule has 6 nitrogen and oxygen atoms in total. The first-order chi connectivity index (χ1) is 12.2. The summed E-state index contributed by atoms with van der Waals surface area (Å²) < 4.78 is 42.3. The molecule has 0 amide bonds. The van der Waals surface area contributed by atoms with E-state index in [1.807, 2.05) is 13.8 Å². The standard InChI is InChI=1S/C18H28FN3O3S/c1-4-20-17(22-12-18(9-10-18)13-26(3,23)24)21-11-14(2)25-16-8-6-5-7-15(16)19/h5-8,14H,4,9-13H2,1-3H3,(H2,20,21,22). The lowest BCUT2D eigenvalue weighted by Crippen LogP contribution is -2.42. The number of nitrogens with zero attached hydrogens (tertiary/aromatic N) is 1. The van der Waals surface area contributed by atoms with E-state index in [9.17, 15) is 12.8 Å². The van der Waals surface area contributed by atoms with Gasteiger partial charge in [0.15, 0.2) is 17.5 Å². The molecule has 1 aromatic carbocycles. The molecule has 0 aromatic heterocycles. The molecule has 26 heavy (non-hydrogen) atoms. The third-order valence-corrected chi connectivity index (χ3v) is 5.30. The summed E-state index contributed by atoms with van der Waals surface area (Å²) >= 11 is 0. The van der Waals surface area contributed by atoms with Gasteiger partial charge < -0.3 is 15.4 Å². The van der Waals surface area contributed by atoms with Gasteiger partial charge in [-0.05, 0) is 38.8 Å². The number of sulfone groups is 1. The fraction of sp³-hybridized carbons (Fsp3) is 0.611. The lowest BCUT2D eigenvalue weighted by atomic mass is 10.1. The van der Waals surface area contributed by atoms with E-state index in [2.05, 4.69) is 15.6 Å². The summed E-state index contributed by atoms with van der Waals surface area (Å²) in [5.74, 6) is 0.608. The molecule has 1 aliphatic rings. The average Bonchev–Trinajstić information content (AvgIpc) is 3.30. The molecule has 2 N–H and O–H groups in total. The molecular weight excluding hydrogens is 357 g/mol. The first-order valence-corrected chi connectivity index (χ1v) is 10.9. The van der Waals surface area contributed by atoms with Crippen LogP contribution in [0.1, 0.15) is 26.7 Å². The first kappa shape index (κ1) is 20.5. The fourth-order valence-electron chi connectivity index (χ4n) is 2.71. The van der Waals surface area contributed by atoms with Crippen LogP contribution in [0.15, 0.2) is 29.3 Å². The number of guanidine groups is 1. The van der Waals surface area contributed by atoms with Gasteiger partial charge in [-0.25, -0.2) is 12.8 Å². The fourth-order valence-corrected chi connectivity index (χ4v) is 4.20. The summed E-state index contributed by atoms with van der Waals surface area (Å²) in [7, 11) is -3.01. The third kappa shape index (κ3) is 6.82. The molecule has 146 valence electrons. The number of ether oxygens (including phenoxy) is 1. The zero-order chi connectivity index (χ0) is 19.2. The van der Waals surface area contributed by atoms with Crippen LogP contribution >= 0.6 is 0 Å². The Morgan fingerprint density at radius 3 is 2.62 bits per heavy atom. The smallest absolute Gasteiger partial charge is 0.191 e. The molecule has 8 heteroatoms. The van der Waals surface area contributed by atoms with Crippen LogP contribution in [-0.4, -0.2) is 52.1 Å². The minimum atomic E-state index is -3.01. The monoisotopic (exact) mass is 385 g/mol. The Hall–Kier alpha value is -1.83. The van der Waals surface area contributed by atoms with E-state index >= 15 is 0 Å². The molecule has 0 radical (unpaired) electrons. The number of aliphatic imine (C=N–C) groups is 1. The zero-order valence-electron chi connectivity index (χ0n) is 15.6. The van der Waals surface area contributed by atoms with Crippen molar-refractivity contribution in [2.75, 3.05) is 31.6 Å². The highest BCUT2D eigenvalue weighted by Crippen LogP contribution is 2.46. The Morgan fingerprint density at radius 2 is 2.04 bits per heavy atom. The van der Waals surface area contributed by atoms with Gasteiger partial charge in [0, 0.05) is 24.8 Å². The van der Waals surface area contributed by atoms with Crippen LogP contribution in [0.4, 0.5) is 4.39 Å². The highest BCUT2D eigenvalue weighted by molar-refractivity contribution is 7.90. The summed E-state index contributed by atoms with van der Waals surface area (Å²) in [5.41, 5.74) is -0.217. The highest BCUT2D eigenvalue weighted by Gasteiger charge is 2.45. The Balaban J connectivity index is 1.88. The second-order valence-electron chi connectivity index (χ2n) is 7.01. The first-order valence-electron chi connectivity index (χ1n) is 8.84. The van der Waals surface area contributed by atoms with Crippen LogP contribution in [-0.2, 0) is 9.84 Å². The molecule has 1 atom stereocenters. The van der Waals surface area contributed by atoms with Crippen LogP contribution in [0.2, 0.25) is 0 Å². The normalized spacial score (nSPS) is 17.5. The van der Waals surface area contributed by atoms with Gasteiger partial charge in [-0.1, -0.05) is 12.1 Å². The Kier molecular flexibility index (Phi) is 6.86.